The average Bonchev–Trinajstić information content (AvgIpc) is 2.28. The Hall–Kier alpha value is -1.55. The third-order valence-corrected chi connectivity index (χ3v) is 2.07. The van der Waals surface area contributed by atoms with E-state index in [0.717, 1.165) is 11.4 Å². The van der Waals surface area contributed by atoms with Crippen LogP contribution in [0.2, 0.25) is 0 Å². The second kappa shape index (κ2) is 6.91. The summed E-state index contributed by atoms with van der Waals surface area (Å²) >= 11 is 0. The van der Waals surface area contributed by atoms with Gasteiger partial charge < -0.3 is 15.2 Å². The minimum atomic E-state index is -0.0865. The van der Waals surface area contributed by atoms with Gasteiger partial charge in [-0.25, -0.2) is 0 Å². The highest BCUT2D eigenvalue weighted by atomic mass is 16.5. The number of nitrogens with one attached hydrogen (secondary N) is 1. The first-order valence-corrected chi connectivity index (χ1v) is 5.79. The SMILES string of the molecule is CC(C)Oc1ccc(NC(=O)CCCO)cc1. The quantitative estimate of drug-likeness (QED) is 0.797. The second-order valence-corrected chi connectivity index (χ2v) is 4.07. The molecule has 0 atom stereocenters. The van der Waals surface area contributed by atoms with E-state index in [-0.39, 0.29) is 18.6 Å². The number of hydrogen-bond acceptors (Lipinski definition) is 3. The minimum Gasteiger partial charge on any atom is -0.491 e. The van der Waals surface area contributed by atoms with Gasteiger partial charge in [-0.1, -0.05) is 0 Å². The van der Waals surface area contributed by atoms with Crippen molar-refractivity contribution in [2.45, 2.75) is 32.8 Å². The number of aliphatic hydroxyl groups is 1. The maximum atomic E-state index is 11.4. The highest BCUT2D eigenvalue weighted by molar-refractivity contribution is 5.90. The monoisotopic (exact) mass is 237 g/mol. The molecule has 0 aliphatic heterocycles. The van der Waals surface area contributed by atoms with Gasteiger partial charge in [-0.15, -0.1) is 0 Å². The van der Waals surface area contributed by atoms with Crippen molar-refractivity contribution < 1.29 is 14.6 Å². The van der Waals surface area contributed by atoms with Crippen LogP contribution in [0, 0.1) is 0 Å². The predicted molar refractivity (Wildman–Crippen MR) is 67.2 cm³/mol. The molecule has 0 fully saturated rings. The van der Waals surface area contributed by atoms with E-state index in [4.69, 9.17) is 9.84 Å². The summed E-state index contributed by atoms with van der Waals surface area (Å²) in [4.78, 5) is 11.4. The summed E-state index contributed by atoms with van der Waals surface area (Å²) in [5.41, 5.74) is 0.740. The standard InChI is InChI=1S/C13H19NO3/c1-10(2)17-12-7-5-11(6-8-12)14-13(16)4-3-9-15/h5-8,10,15H,3-4,9H2,1-2H3,(H,14,16). The molecule has 2 N–H and O–H groups in total. The van der Waals surface area contributed by atoms with Gasteiger partial charge in [0.15, 0.2) is 0 Å². The topological polar surface area (TPSA) is 58.6 Å². The Morgan fingerprint density at radius 3 is 2.53 bits per heavy atom. The van der Waals surface area contributed by atoms with Crippen LogP contribution in [0.5, 0.6) is 5.75 Å². The average molecular weight is 237 g/mol. The van der Waals surface area contributed by atoms with E-state index in [2.05, 4.69) is 5.32 Å². The summed E-state index contributed by atoms with van der Waals surface area (Å²) in [6.45, 7) is 3.96. The summed E-state index contributed by atoms with van der Waals surface area (Å²) in [6.07, 6.45) is 0.959. The first-order chi connectivity index (χ1) is 8.11. The van der Waals surface area contributed by atoms with Gasteiger partial charge in [0.1, 0.15) is 5.75 Å². The summed E-state index contributed by atoms with van der Waals surface area (Å²) in [5.74, 6) is 0.699. The second-order valence-electron chi connectivity index (χ2n) is 4.07. The van der Waals surface area contributed by atoms with Crippen molar-refractivity contribution in [3.63, 3.8) is 0 Å². The van der Waals surface area contributed by atoms with Gasteiger partial charge in [-0.3, -0.25) is 4.79 Å². The Labute approximate surface area is 102 Å². The number of carbonyl (C=O) groups excluding carboxylic acids is 1. The van der Waals surface area contributed by atoms with Gasteiger partial charge in [-0.2, -0.15) is 0 Å². The molecule has 0 bridgehead atoms. The maximum absolute atomic E-state index is 11.4. The zero-order chi connectivity index (χ0) is 12.7. The smallest absolute Gasteiger partial charge is 0.224 e. The molecular formula is C13H19NO3. The molecule has 1 rings (SSSR count). The Morgan fingerprint density at radius 1 is 1.35 bits per heavy atom. The summed E-state index contributed by atoms with van der Waals surface area (Å²) in [6, 6.07) is 7.24. The van der Waals surface area contributed by atoms with E-state index in [1.54, 1.807) is 12.1 Å². The van der Waals surface area contributed by atoms with Crippen LogP contribution in [-0.4, -0.2) is 23.7 Å². The lowest BCUT2D eigenvalue weighted by atomic mass is 10.2. The Morgan fingerprint density at radius 2 is 2.00 bits per heavy atom. The van der Waals surface area contributed by atoms with Gasteiger partial charge >= 0.3 is 0 Å². The molecule has 0 spiro atoms. The molecule has 0 saturated carbocycles. The highest BCUT2D eigenvalue weighted by Gasteiger charge is 2.02. The largest absolute Gasteiger partial charge is 0.491 e. The third-order valence-electron chi connectivity index (χ3n) is 2.07. The molecule has 1 amide bonds. The van der Waals surface area contributed by atoms with E-state index >= 15 is 0 Å². The third kappa shape index (κ3) is 5.36. The molecule has 0 radical (unpaired) electrons. The van der Waals surface area contributed by atoms with Crippen LogP contribution in [-0.2, 0) is 4.79 Å². The molecule has 1 aromatic rings. The van der Waals surface area contributed by atoms with Crippen molar-refractivity contribution >= 4 is 11.6 Å². The van der Waals surface area contributed by atoms with Gasteiger partial charge in [0.05, 0.1) is 6.10 Å². The van der Waals surface area contributed by atoms with Crippen molar-refractivity contribution in [2.24, 2.45) is 0 Å². The number of anilines is 1. The fraction of sp³-hybridized carbons (Fsp3) is 0.462. The fourth-order valence-electron chi connectivity index (χ4n) is 1.35. The highest BCUT2D eigenvalue weighted by Crippen LogP contribution is 2.17. The van der Waals surface area contributed by atoms with Crippen LogP contribution in [0.1, 0.15) is 26.7 Å². The van der Waals surface area contributed by atoms with E-state index in [1.807, 2.05) is 26.0 Å². The zero-order valence-electron chi connectivity index (χ0n) is 10.3. The van der Waals surface area contributed by atoms with E-state index in [1.165, 1.54) is 0 Å². The number of benzene rings is 1. The molecule has 0 aliphatic carbocycles. The van der Waals surface area contributed by atoms with Gasteiger partial charge in [-0.05, 0) is 44.5 Å². The summed E-state index contributed by atoms with van der Waals surface area (Å²) in [5, 5.41) is 11.4. The fourth-order valence-corrected chi connectivity index (χ4v) is 1.35. The molecule has 4 heteroatoms. The Balaban J connectivity index is 2.47. The molecule has 1 aromatic carbocycles. The molecule has 0 heterocycles. The van der Waals surface area contributed by atoms with E-state index in [9.17, 15) is 4.79 Å². The van der Waals surface area contributed by atoms with Gasteiger partial charge in [0, 0.05) is 18.7 Å². The predicted octanol–water partition coefficient (Wildman–Crippen LogP) is 2.18. The lowest BCUT2D eigenvalue weighted by molar-refractivity contribution is -0.116. The van der Waals surface area contributed by atoms with Crippen LogP contribution in [0.3, 0.4) is 0 Å². The van der Waals surface area contributed by atoms with Crippen molar-refractivity contribution in [2.75, 3.05) is 11.9 Å². The summed E-state index contributed by atoms with van der Waals surface area (Å²) in [7, 11) is 0. The summed E-state index contributed by atoms with van der Waals surface area (Å²) < 4.78 is 5.49. The Bertz CT molecular complexity index is 346. The molecule has 0 unspecified atom stereocenters. The first kappa shape index (κ1) is 13.5. The molecule has 0 saturated heterocycles. The number of aliphatic hydroxyl groups excluding tert-OH is 1. The normalized spacial score (nSPS) is 10.4. The Kier molecular flexibility index (Phi) is 5.49. The van der Waals surface area contributed by atoms with Crippen LogP contribution in [0.15, 0.2) is 24.3 Å². The van der Waals surface area contributed by atoms with Crippen LogP contribution < -0.4 is 10.1 Å². The van der Waals surface area contributed by atoms with E-state index in [0.29, 0.717) is 12.8 Å². The minimum absolute atomic E-state index is 0.0363. The molecule has 4 nitrogen and oxygen atoms in total. The number of rotatable bonds is 6. The van der Waals surface area contributed by atoms with Gasteiger partial charge in [0.2, 0.25) is 5.91 Å². The number of carbonyl (C=O) groups is 1. The number of amides is 1. The number of hydrogen-bond donors (Lipinski definition) is 2. The van der Waals surface area contributed by atoms with E-state index < -0.39 is 0 Å². The zero-order valence-corrected chi connectivity index (χ0v) is 10.3. The van der Waals surface area contributed by atoms with Crippen LogP contribution in [0.4, 0.5) is 5.69 Å². The van der Waals surface area contributed by atoms with Crippen LogP contribution >= 0.6 is 0 Å². The molecule has 17 heavy (non-hydrogen) atoms. The molecule has 94 valence electrons. The number of ether oxygens (including phenoxy) is 1. The lowest BCUT2D eigenvalue weighted by Gasteiger charge is -2.10. The van der Waals surface area contributed by atoms with Crippen molar-refractivity contribution in [1.29, 1.82) is 0 Å². The molecule has 0 aliphatic rings. The van der Waals surface area contributed by atoms with Crippen molar-refractivity contribution in [1.82, 2.24) is 0 Å². The van der Waals surface area contributed by atoms with Crippen molar-refractivity contribution in [3.05, 3.63) is 24.3 Å². The molecule has 0 aromatic heterocycles. The maximum Gasteiger partial charge on any atom is 0.224 e. The first-order valence-electron chi connectivity index (χ1n) is 5.79. The molecular weight excluding hydrogens is 218 g/mol. The van der Waals surface area contributed by atoms with Crippen LogP contribution in [0.25, 0.3) is 0 Å². The lowest BCUT2D eigenvalue weighted by Crippen LogP contribution is -2.11. The van der Waals surface area contributed by atoms with Gasteiger partial charge in [0.25, 0.3) is 0 Å². The van der Waals surface area contributed by atoms with Crippen molar-refractivity contribution in [3.8, 4) is 5.75 Å².